The number of hydroxylamine groups is 3. The summed E-state index contributed by atoms with van der Waals surface area (Å²) < 4.78 is 4.76. The average Bonchev–Trinajstić information content (AvgIpc) is 2.30. The molecule has 1 unspecified atom stereocenters. The molecule has 0 aromatic rings. The quantitative estimate of drug-likeness (QED) is 0.618. The SMILES string of the molecule is [O][N+]1(C(=O)C2CCCCO2)CCCCC1. The van der Waals surface area contributed by atoms with Gasteiger partial charge in [-0.1, -0.05) is 4.65 Å². The Morgan fingerprint density at radius 1 is 1.07 bits per heavy atom. The Labute approximate surface area is 90.4 Å². The van der Waals surface area contributed by atoms with E-state index in [9.17, 15) is 10.0 Å². The molecule has 0 N–H and O–H groups in total. The predicted octanol–water partition coefficient (Wildman–Crippen LogP) is 1.43. The fourth-order valence-electron chi connectivity index (χ4n) is 2.44. The standard InChI is InChI=1S/C11H19NO3/c13-11(10-6-2-5-9-15-10)12(14)7-3-1-4-8-12/h10H,1-9H2/q+1. The molecule has 0 saturated carbocycles. The predicted molar refractivity (Wildman–Crippen MR) is 53.1 cm³/mol. The number of quaternary nitrogens is 1. The fourth-order valence-corrected chi connectivity index (χ4v) is 2.44. The van der Waals surface area contributed by atoms with Gasteiger partial charge in [-0.05, 0) is 25.7 Å². The highest BCUT2D eigenvalue weighted by Gasteiger charge is 2.45. The average molecular weight is 213 g/mol. The summed E-state index contributed by atoms with van der Waals surface area (Å²) in [7, 11) is 0. The molecule has 0 bridgehead atoms. The largest absolute Gasteiger partial charge is 0.377 e. The molecule has 2 rings (SSSR count). The first-order valence-electron chi connectivity index (χ1n) is 5.96. The molecule has 1 atom stereocenters. The maximum absolute atomic E-state index is 12.2. The highest BCUT2D eigenvalue weighted by molar-refractivity contribution is 5.73. The van der Waals surface area contributed by atoms with Crippen molar-refractivity contribution in [2.75, 3.05) is 19.7 Å². The van der Waals surface area contributed by atoms with Crippen LogP contribution in [0.5, 0.6) is 0 Å². The summed E-state index contributed by atoms with van der Waals surface area (Å²) in [6.07, 6.45) is 5.18. The van der Waals surface area contributed by atoms with E-state index in [1.165, 1.54) is 0 Å². The second-order valence-corrected chi connectivity index (χ2v) is 4.59. The third-order valence-corrected chi connectivity index (χ3v) is 3.40. The number of amides is 1. The van der Waals surface area contributed by atoms with Crippen LogP contribution in [0.1, 0.15) is 38.5 Å². The van der Waals surface area contributed by atoms with E-state index >= 15 is 0 Å². The van der Waals surface area contributed by atoms with Gasteiger partial charge >= 0.3 is 5.91 Å². The minimum atomic E-state index is -0.634. The molecular formula is C11H19NO3+. The van der Waals surface area contributed by atoms with Crippen LogP contribution in [0.15, 0.2) is 0 Å². The molecule has 2 heterocycles. The molecule has 15 heavy (non-hydrogen) atoms. The molecule has 4 nitrogen and oxygen atoms in total. The van der Waals surface area contributed by atoms with E-state index in [0.29, 0.717) is 19.7 Å². The zero-order chi connectivity index (χ0) is 10.7. The molecule has 2 saturated heterocycles. The molecule has 1 radical (unpaired) electrons. The van der Waals surface area contributed by atoms with Crippen molar-refractivity contribution in [2.45, 2.75) is 44.6 Å². The Morgan fingerprint density at radius 3 is 2.40 bits per heavy atom. The second-order valence-electron chi connectivity index (χ2n) is 4.59. The number of nitrogens with zero attached hydrogens (tertiary/aromatic N) is 1. The smallest absolute Gasteiger partial charge is 0.364 e. The van der Waals surface area contributed by atoms with Crippen molar-refractivity contribution < 1.29 is 19.4 Å². The maximum Gasteiger partial charge on any atom is 0.377 e. The van der Waals surface area contributed by atoms with Gasteiger partial charge in [-0.2, -0.15) is 0 Å². The topological polar surface area (TPSA) is 46.2 Å². The molecule has 4 heteroatoms. The highest BCUT2D eigenvalue weighted by Crippen LogP contribution is 2.23. The molecule has 85 valence electrons. The third-order valence-electron chi connectivity index (χ3n) is 3.40. The molecule has 0 aliphatic carbocycles. The second kappa shape index (κ2) is 4.60. The summed E-state index contributed by atoms with van der Waals surface area (Å²) in [6, 6.07) is 0. The summed E-state index contributed by atoms with van der Waals surface area (Å²) in [5, 5.41) is 12.2. The number of hydrogen-bond donors (Lipinski definition) is 0. The summed E-state index contributed by atoms with van der Waals surface area (Å²) in [5.41, 5.74) is 0. The van der Waals surface area contributed by atoms with Gasteiger partial charge in [-0.15, -0.1) is 0 Å². The number of likely N-dealkylation sites (tertiary alicyclic amines) is 1. The van der Waals surface area contributed by atoms with Crippen LogP contribution in [0, 0.1) is 0 Å². The lowest BCUT2D eigenvalue weighted by atomic mass is 10.1. The van der Waals surface area contributed by atoms with Crippen LogP contribution >= 0.6 is 0 Å². The van der Waals surface area contributed by atoms with Crippen molar-refractivity contribution in [3.63, 3.8) is 0 Å². The fraction of sp³-hybridized carbons (Fsp3) is 0.909. The van der Waals surface area contributed by atoms with Gasteiger partial charge in [0.25, 0.3) is 0 Å². The summed E-state index contributed by atoms with van der Waals surface area (Å²) >= 11 is 0. The van der Waals surface area contributed by atoms with Crippen molar-refractivity contribution >= 4 is 5.91 Å². The van der Waals surface area contributed by atoms with E-state index in [4.69, 9.17) is 4.74 Å². The van der Waals surface area contributed by atoms with Gasteiger partial charge in [0.2, 0.25) is 0 Å². The van der Waals surface area contributed by atoms with E-state index in [0.717, 1.165) is 38.5 Å². The summed E-state index contributed by atoms with van der Waals surface area (Å²) in [4.78, 5) is 12.0. The normalized spacial score (nSPS) is 31.1. The molecular weight excluding hydrogens is 194 g/mol. The van der Waals surface area contributed by atoms with Crippen molar-refractivity contribution in [3.05, 3.63) is 0 Å². The van der Waals surface area contributed by atoms with E-state index in [2.05, 4.69) is 0 Å². The third kappa shape index (κ3) is 2.38. The van der Waals surface area contributed by atoms with Gasteiger partial charge in [0.05, 0.1) is 0 Å². The molecule has 0 aromatic heterocycles. The Bertz CT molecular complexity index is 230. The minimum Gasteiger partial charge on any atom is -0.364 e. The van der Waals surface area contributed by atoms with Gasteiger partial charge in [0.15, 0.2) is 6.10 Å². The van der Waals surface area contributed by atoms with Crippen molar-refractivity contribution in [3.8, 4) is 0 Å². The molecule has 2 aliphatic rings. The molecule has 1 amide bonds. The number of ether oxygens (including phenoxy) is 1. The number of hydrogen-bond acceptors (Lipinski definition) is 2. The minimum absolute atomic E-state index is 0.227. The highest BCUT2D eigenvalue weighted by atomic mass is 16.6. The Morgan fingerprint density at radius 2 is 1.80 bits per heavy atom. The first kappa shape index (κ1) is 11.0. The van der Waals surface area contributed by atoms with Crippen LogP contribution in [0.4, 0.5) is 0 Å². The van der Waals surface area contributed by atoms with Crippen molar-refractivity contribution in [2.24, 2.45) is 0 Å². The lowest BCUT2D eigenvalue weighted by molar-refractivity contribution is -1.07. The zero-order valence-electron chi connectivity index (χ0n) is 9.11. The first-order valence-corrected chi connectivity index (χ1v) is 5.96. The van der Waals surface area contributed by atoms with Gasteiger partial charge < -0.3 is 4.74 Å². The van der Waals surface area contributed by atoms with Crippen LogP contribution in [0.2, 0.25) is 0 Å². The first-order chi connectivity index (χ1) is 7.22. The van der Waals surface area contributed by atoms with Crippen LogP contribution in [0.3, 0.4) is 0 Å². The number of piperidine rings is 1. The van der Waals surface area contributed by atoms with Crippen molar-refractivity contribution in [1.82, 2.24) is 0 Å². The molecule has 0 aromatic carbocycles. The van der Waals surface area contributed by atoms with E-state index in [1.807, 2.05) is 0 Å². The number of rotatable bonds is 1. The molecule has 2 aliphatic heterocycles. The Balaban J connectivity index is 1.98. The van der Waals surface area contributed by atoms with Crippen LogP contribution in [0.25, 0.3) is 0 Å². The summed E-state index contributed by atoms with van der Waals surface area (Å²) in [6.45, 7) is 1.55. The molecule has 2 fully saturated rings. The van der Waals surface area contributed by atoms with E-state index in [-0.39, 0.29) is 5.91 Å². The van der Waals surface area contributed by atoms with Gasteiger partial charge in [0.1, 0.15) is 13.1 Å². The lowest BCUT2D eigenvalue weighted by Gasteiger charge is -2.31. The monoisotopic (exact) mass is 213 g/mol. The summed E-state index contributed by atoms with van der Waals surface area (Å²) in [5.74, 6) is -0.227. The van der Waals surface area contributed by atoms with Crippen LogP contribution < -0.4 is 0 Å². The van der Waals surface area contributed by atoms with Crippen LogP contribution in [-0.4, -0.2) is 36.4 Å². The number of carbonyl (C=O) groups is 1. The zero-order valence-corrected chi connectivity index (χ0v) is 9.11. The lowest BCUT2D eigenvalue weighted by Crippen LogP contribution is -2.56. The van der Waals surface area contributed by atoms with E-state index < -0.39 is 10.8 Å². The Kier molecular flexibility index (Phi) is 3.38. The van der Waals surface area contributed by atoms with Gasteiger partial charge in [-0.3, -0.25) is 0 Å². The van der Waals surface area contributed by atoms with Gasteiger partial charge in [0, 0.05) is 24.7 Å². The Hall–Kier alpha value is -0.450. The molecule has 0 spiro atoms. The van der Waals surface area contributed by atoms with Crippen molar-refractivity contribution in [1.29, 1.82) is 0 Å². The van der Waals surface area contributed by atoms with Gasteiger partial charge in [-0.25, -0.2) is 4.79 Å². The number of carbonyl (C=O) groups excluding carboxylic acids is 1. The van der Waals surface area contributed by atoms with Crippen LogP contribution in [-0.2, 0) is 14.7 Å². The maximum atomic E-state index is 12.2. The van der Waals surface area contributed by atoms with E-state index in [1.54, 1.807) is 0 Å².